The smallest absolute Gasteiger partial charge is 0.0639 e. The summed E-state index contributed by atoms with van der Waals surface area (Å²) in [5.41, 5.74) is 0. The summed E-state index contributed by atoms with van der Waals surface area (Å²) in [4.78, 5) is 0. The Kier molecular flexibility index (Phi) is 3.47. The van der Waals surface area contributed by atoms with E-state index in [2.05, 4.69) is 0 Å². The van der Waals surface area contributed by atoms with Crippen LogP contribution in [0.5, 0.6) is 0 Å². The molecule has 0 amide bonds. The van der Waals surface area contributed by atoms with Crippen LogP contribution < -0.4 is 0 Å². The molecule has 2 fully saturated rings. The van der Waals surface area contributed by atoms with Crippen LogP contribution in [0.15, 0.2) is 0 Å². The summed E-state index contributed by atoms with van der Waals surface area (Å²) in [6, 6.07) is 0. The van der Waals surface area contributed by atoms with Crippen molar-refractivity contribution in [2.75, 3.05) is 19.8 Å². The molecule has 2 saturated heterocycles. The fourth-order valence-electron chi connectivity index (χ4n) is 2.17. The van der Waals surface area contributed by atoms with E-state index in [-0.39, 0.29) is 0 Å². The standard InChI is InChI=1S/C10H17ClO2/c11-9-3-5-13-10(6-9)8-2-1-4-12-7-8/h8-10H,1-7H2. The van der Waals surface area contributed by atoms with E-state index in [1.165, 1.54) is 12.8 Å². The maximum atomic E-state index is 6.11. The van der Waals surface area contributed by atoms with Gasteiger partial charge in [-0.2, -0.15) is 0 Å². The van der Waals surface area contributed by atoms with Gasteiger partial charge in [0.2, 0.25) is 0 Å². The monoisotopic (exact) mass is 204 g/mol. The second-order valence-electron chi connectivity index (χ2n) is 4.01. The Bertz CT molecular complexity index is 157. The summed E-state index contributed by atoms with van der Waals surface area (Å²) in [6.45, 7) is 2.62. The van der Waals surface area contributed by atoms with Gasteiger partial charge in [0.25, 0.3) is 0 Å². The third kappa shape index (κ3) is 2.58. The number of halogens is 1. The van der Waals surface area contributed by atoms with Gasteiger partial charge in [-0.05, 0) is 25.7 Å². The van der Waals surface area contributed by atoms with Crippen molar-refractivity contribution < 1.29 is 9.47 Å². The number of rotatable bonds is 1. The van der Waals surface area contributed by atoms with Gasteiger partial charge in [0.1, 0.15) is 0 Å². The predicted molar refractivity (Wildman–Crippen MR) is 52.2 cm³/mol. The molecule has 2 rings (SSSR count). The molecule has 0 aromatic heterocycles. The van der Waals surface area contributed by atoms with Crippen molar-refractivity contribution in [2.24, 2.45) is 5.92 Å². The Hall–Kier alpha value is 0.210. The zero-order valence-electron chi connectivity index (χ0n) is 7.88. The van der Waals surface area contributed by atoms with Crippen LogP contribution in [-0.2, 0) is 9.47 Å². The summed E-state index contributed by atoms with van der Waals surface area (Å²) >= 11 is 6.11. The summed E-state index contributed by atoms with van der Waals surface area (Å²) in [5, 5.41) is 0.320. The van der Waals surface area contributed by atoms with E-state index >= 15 is 0 Å². The second kappa shape index (κ2) is 4.63. The summed E-state index contributed by atoms with van der Waals surface area (Å²) in [5.74, 6) is 0.593. The highest BCUT2D eigenvalue weighted by Gasteiger charge is 2.29. The largest absolute Gasteiger partial charge is 0.381 e. The summed E-state index contributed by atoms with van der Waals surface area (Å²) in [6.07, 6.45) is 4.80. The van der Waals surface area contributed by atoms with E-state index in [4.69, 9.17) is 21.1 Å². The van der Waals surface area contributed by atoms with Crippen molar-refractivity contribution in [3.63, 3.8) is 0 Å². The van der Waals surface area contributed by atoms with E-state index < -0.39 is 0 Å². The molecule has 0 aromatic rings. The van der Waals surface area contributed by atoms with Gasteiger partial charge in [-0.25, -0.2) is 0 Å². The SMILES string of the molecule is ClC1CCOC(C2CCCOC2)C1. The quantitative estimate of drug-likeness (QED) is 0.610. The molecule has 0 aromatic carbocycles. The lowest BCUT2D eigenvalue weighted by Gasteiger charge is -2.34. The molecule has 0 radical (unpaired) electrons. The molecule has 76 valence electrons. The second-order valence-corrected chi connectivity index (χ2v) is 4.63. The van der Waals surface area contributed by atoms with Crippen LogP contribution in [0.25, 0.3) is 0 Å². The van der Waals surface area contributed by atoms with Crippen molar-refractivity contribution in [1.82, 2.24) is 0 Å². The molecular formula is C10H17ClO2. The number of ether oxygens (including phenoxy) is 2. The van der Waals surface area contributed by atoms with Gasteiger partial charge >= 0.3 is 0 Å². The zero-order valence-corrected chi connectivity index (χ0v) is 8.63. The van der Waals surface area contributed by atoms with E-state index in [0.717, 1.165) is 32.7 Å². The Morgan fingerprint density at radius 1 is 1.15 bits per heavy atom. The first kappa shape index (κ1) is 9.75. The molecule has 3 unspecified atom stereocenters. The molecule has 2 heterocycles. The first-order valence-corrected chi connectivity index (χ1v) is 5.63. The Morgan fingerprint density at radius 3 is 2.77 bits per heavy atom. The maximum Gasteiger partial charge on any atom is 0.0639 e. The minimum Gasteiger partial charge on any atom is -0.381 e. The Balaban J connectivity index is 1.83. The first-order chi connectivity index (χ1) is 6.36. The molecule has 3 atom stereocenters. The number of hydrogen-bond donors (Lipinski definition) is 0. The highest BCUT2D eigenvalue weighted by atomic mass is 35.5. The topological polar surface area (TPSA) is 18.5 Å². The molecule has 2 nitrogen and oxygen atoms in total. The van der Waals surface area contributed by atoms with Gasteiger partial charge in [-0.15, -0.1) is 11.6 Å². The number of hydrogen-bond acceptors (Lipinski definition) is 2. The minimum atomic E-state index is 0.320. The van der Waals surface area contributed by atoms with Gasteiger partial charge in [0, 0.05) is 24.5 Å². The molecule has 13 heavy (non-hydrogen) atoms. The van der Waals surface area contributed by atoms with Crippen molar-refractivity contribution in [1.29, 1.82) is 0 Å². The van der Waals surface area contributed by atoms with Crippen molar-refractivity contribution >= 4 is 11.6 Å². The number of alkyl halides is 1. The van der Waals surface area contributed by atoms with Crippen LogP contribution in [0.3, 0.4) is 0 Å². The molecule has 3 heteroatoms. The Labute approximate surface area is 84.5 Å². The van der Waals surface area contributed by atoms with E-state index in [9.17, 15) is 0 Å². The highest BCUT2D eigenvalue weighted by Crippen LogP contribution is 2.28. The fourth-order valence-corrected chi connectivity index (χ4v) is 2.44. The maximum absolute atomic E-state index is 6.11. The van der Waals surface area contributed by atoms with Crippen LogP contribution in [0.2, 0.25) is 0 Å². The lowest BCUT2D eigenvalue weighted by Crippen LogP contribution is -2.36. The summed E-state index contributed by atoms with van der Waals surface area (Å²) in [7, 11) is 0. The molecule has 0 bridgehead atoms. The normalized spacial score (nSPS) is 41.8. The lowest BCUT2D eigenvalue weighted by atomic mass is 9.91. The minimum absolute atomic E-state index is 0.320. The third-order valence-corrected chi connectivity index (χ3v) is 3.37. The van der Waals surface area contributed by atoms with Gasteiger partial charge in [0.15, 0.2) is 0 Å². The first-order valence-electron chi connectivity index (χ1n) is 5.19. The van der Waals surface area contributed by atoms with E-state index in [1.54, 1.807) is 0 Å². The van der Waals surface area contributed by atoms with Crippen LogP contribution in [0.1, 0.15) is 25.7 Å². The van der Waals surface area contributed by atoms with Crippen molar-refractivity contribution in [2.45, 2.75) is 37.2 Å². The van der Waals surface area contributed by atoms with Gasteiger partial charge in [-0.1, -0.05) is 0 Å². The van der Waals surface area contributed by atoms with Crippen molar-refractivity contribution in [3.8, 4) is 0 Å². The molecule has 0 N–H and O–H groups in total. The van der Waals surface area contributed by atoms with Crippen LogP contribution in [-0.4, -0.2) is 31.3 Å². The fraction of sp³-hybridized carbons (Fsp3) is 1.00. The molecule has 0 saturated carbocycles. The van der Waals surface area contributed by atoms with Gasteiger partial charge < -0.3 is 9.47 Å². The molecule has 2 aliphatic heterocycles. The third-order valence-electron chi connectivity index (χ3n) is 2.97. The molecule has 0 spiro atoms. The average molecular weight is 205 g/mol. The summed E-state index contributed by atoms with van der Waals surface area (Å²) < 4.78 is 11.2. The lowest BCUT2D eigenvalue weighted by molar-refractivity contribution is -0.0656. The van der Waals surface area contributed by atoms with Gasteiger partial charge in [0.05, 0.1) is 12.7 Å². The average Bonchev–Trinajstić information content (AvgIpc) is 2.19. The molecule has 2 aliphatic rings. The Morgan fingerprint density at radius 2 is 2.08 bits per heavy atom. The van der Waals surface area contributed by atoms with Crippen LogP contribution in [0, 0.1) is 5.92 Å². The predicted octanol–water partition coefficient (Wildman–Crippen LogP) is 2.20. The van der Waals surface area contributed by atoms with Crippen LogP contribution in [0.4, 0.5) is 0 Å². The molecular weight excluding hydrogens is 188 g/mol. The zero-order chi connectivity index (χ0) is 9.10. The van der Waals surface area contributed by atoms with E-state index in [1.807, 2.05) is 0 Å². The van der Waals surface area contributed by atoms with E-state index in [0.29, 0.717) is 17.4 Å². The molecule has 0 aliphatic carbocycles. The van der Waals surface area contributed by atoms with Crippen molar-refractivity contribution in [3.05, 3.63) is 0 Å². The van der Waals surface area contributed by atoms with Gasteiger partial charge in [-0.3, -0.25) is 0 Å². The van der Waals surface area contributed by atoms with Crippen LogP contribution >= 0.6 is 11.6 Å². The highest BCUT2D eigenvalue weighted by molar-refractivity contribution is 6.20.